The fourth-order valence-electron chi connectivity index (χ4n) is 1.96. The molecule has 7 heteroatoms. The minimum absolute atomic E-state index is 0.0832. The molecule has 0 heterocycles. The highest BCUT2D eigenvalue weighted by Gasteiger charge is 2.19. The smallest absolute Gasteiger partial charge is 0.260 e. The summed E-state index contributed by atoms with van der Waals surface area (Å²) in [5.74, 6) is 0.391. The van der Waals surface area contributed by atoms with Crippen molar-refractivity contribution in [2.75, 3.05) is 20.2 Å². The first-order chi connectivity index (χ1) is 9.59. The zero-order valence-corrected chi connectivity index (χ0v) is 13.9. The normalized spacial score (nSPS) is 11.3. The van der Waals surface area contributed by atoms with E-state index in [2.05, 4.69) is 0 Å². The summed E-state index contributed by atoms with van der Waals surface area (Å²) in [6.45, 7) is 7.54. The van der Waals surface area contributed by atoms with Crippen molar-refractivity contribution in [3.63, 3.8) is 0 Å². The second-order valence-electron chi connectivity index (χ2n) is 5.01. The van der Waals surface area contributed by atoms with Gasteiger partial charge < -0.3 is 9.64 Å². The van der Waals surface area contributed by atoms with Crippen molar-refractivity contribution in [3.8, 4) is 5.75 Å². The molecule has 1 amide bonds. The number of aryl methyl sites for hydroxylation is 1. The van der Waals surface area contributed by atoms with E-state index in [1.165, 1.54) is 6.07 Å². The topological polar surface area (TPSA) is 89.7 Å². The lowest BCUT2D eigenvalue weighted by Gasteiger charge is -2.18. The van der Waals surface area contributed by atoms with Gasteiger partial charge in [0.2, 0.25) is 10.0 Å². The Bertz CT molecular complexity index is 653. The molecule has 0 aliphatic heterocycles. The van der Waals surface area contributed by atoms with Gasteiger partial charge in [-0.25, -0.2) is 13.6 Å². The van der Waals surface area contributed by atoms with Crippen molar-refractivity contribution in [2.45, 2.75) is 32.6 Å². The van der Waals surface area contributed by atoms with E-state index in [9.17, 15) is 13.2 Å². The molecule has 0 fully saturated rings. The summed E-state index contributed by atoms with van der Waals surface area (Å²) >= 11 is 0. The van der Waals surface area contributed by atoms with Gasteiger partial charge in [0.15, 0.2) is 6.61 Å². The van der Waals surface area contributed by atoms with Crippen molar-refractivity contribution in [2.24, 2.45) is 5.14 Å². The molecule has 21 heavy (non-hydrogen) atoms. The molecule has 0 aromatic heterocycles. The van der Waals surface area contributed by atoms with Crippen molar-refractivity contribution >= 4 is 15.9 Å². The molecule has 0 spiro atoms. The number of ether oxygens (including phenoxy) is 1. The average molecular weight is 314 g/mol. The Morgan fingerprint density at radius 2 is 1.86 bits per heavy atom. The van der Waals surface area contributed by atoms with E-state index >= 15 is 0 Å². The van der Waals surface area contributed by atoms with E-state index in [0.29, 0.717) is 29.0 Å². The Balaban J connectivity index is 3.12. The molecule has 0 unspecified atom stereocenters. The molecular weight excluding hydrogens is 292 g/mol. The largest absolute Gasteiger partial charge is 0.483 e. The van der Waals surface area contributed by atoms with E-state index in [4.69, 9.17) is 9.88 Å². The second kappa shape index (κ2) is 6.44. The third kappa shape index (κ3) is 3.95. The van der Waals surface area contributed by atoms with E-state index in [1.54, 1.807) is 32.7 Å². The van der Waals surface area contributed by atoms with E-state index in [0.717, 1.165) is 0 Å². The van der Waals surface area contributed by atoms with Crippen LogP contribution < -0.4 is 9.88 Å². The Labute approximate surface area is 125 Å². The zero-order valence-electron chi connectivity index (χ0n) is 13.1. The lowest BCUT2D eigenvalue weighted by atomic mass is 10.1. The van der Waals surface area contributed by atoms with Crippen molar-refractivity contribution in [1.82, 2.24) is 4.90 Å². The molecule has 0 atom stereocenters. The summed E-state index contributed by atoms with van der Waals surface area (Å²) in [6, 6.07) is 1.47. The Morgan fingerprint density at radius 3 is 2.33 bits per heavy atom. The van der Waals surface area contributed by atoms with Crippen LogP contribution in [-0.2, 0) is 14.8 Å². The standard InChI is InChI=1S/C14H22N2O4S/c1-6-16(5)13(17)8-20-14-9(2)7-12(21(15,18)19)10(3)11(14)4/h7H,6,8H2,1-5H3,(H2,15,18,19). The summed E-state index contributed by atoms with van der Waals surface area (Å²) < 4.78 is 28.7. The number of nitrogens with two attached hydrogens (primary N) is 1. The fourth-order valence-corrected chi connectivity index (χ4v) is 2.88. The highest BCUT2D eigenvalue weighted by Crippen LogP contribution is 2.30. The predicted octanol–water partition coefficient (Wildman–Crippen LogP) is 1.12. The fraction of sp³-hybridized carbons (Fsp3) is 0.500. The van der Waals surface area contributed by atoms with Crippen LogP contribution in [0.4, 0.5) is 0 Å². The van der Waals surface area contributed by atoms with Crippen LogP contribution in [0.1, 0.15) is 23.6 Å². The number of hydrogen-bond acceptors (Lipinski definition) is 4. The molecule has 118 valence electrons. The summed E-state index contributed by atoms with van der Waals surface area (Å²) in [7, 11) is -2.08. The van der Waals surface area contributed by atoms with Gasteiger partial charge in [0.1, 0.15) is 5.75 Å². The maximum Gasteiger partial charge on any atom is 0.260 e. The molecular formula is C14H22N2O4S. The Kier molecular flexibility index (Phi) is 5.36. The van der Waals surface area contributed by atoms with Crippen LogP contribution in [0.5, 0.6) is 5.75 Å². The molecule has 1 aromatic rings. The number of likely N-dealkylation sites (N-methyl/N-ethyl adjacent to an activating group) is 1. The molecule has 0 radical (unpaired) electrons. The number of sulfonamides is 1. The molecule has 6 nitrogen and oxygen atoms in total. The van der Waals surface area contributed by atoms with Crippen LogP contribution in [-0.4, -0.2) is 39.4 Å². The minimum Gasteiger partial charge on any atom is -0.483 e. The van der Waals surface area contributed by atoms with Crippen LogP contribution in [0.15, 0.2) is 11.0 Å². The third-order valence-electron chi connectivity index (χ3n) is 3.53. The summed E-state index contributed by atoms with van der Waals surface area (Å²) in [6.07, 6.45) is 0. The molecule has 0 saturated carbocycles. The van der Waals surface area contributed by atoms with Crippen LogP contribution in [0, 0.1) is 20.8 Å². The molecule has 1 rings (SSSR count). The highest BCUT2D eigenvalue weighted by molar-refractivity contribution is 7.89. The van der Waals surface area contributed by atoms with Crippen LogP contribution in [0.25, 0.3) is 0 Å². The van der Waals surface area contributed by atoms with Gasteiger partial charge in [-0.2, -0.15) is 0 Å². The van der Waals surface area contributed by atoms with E-state index in [1.807, 2.05) is 6.92 Å². The SMILES string of the molecule is CCN(C)C(=O)COc1c(C)cc(S(N)(=O)=O)c(C)c1C. The van der Waals surface area contributed by atoms with Crippen molar-refractivity contribution in [1.29, 1.82) is 0 Å². The van der Waals surface area contributed by atoms with Crippen LogP contribution >= 0.6 is 0 Å². The molecule has 0 aliphatic rings. The van der Waals surface area contributed by atoms with Gasteiger partial charge in [0, 0.05) is 13.6 Å². The van der Waals surface area contributed by atoms with Gasteiger partial charge in [0.05, 0.1) is 4.90 Å². The lowest BCUT2D eigenvalue weighted by molar-refractivity contribution is -0.131. The quantitative estimate of drug-likeness (QED) is 0.881. The van der Waals surface area contributed by atoms with Crippen molar-refractivity contribution < 1.29 is 17.9 Å². The van der Waals surface area contributed by atoms with Gasteiger partial charge in [-0.05, 0) is 50.5 Å². The number of hydrogen-bond donors (Lipinski definition) is 1. The summed E-state index contributed by atoms with van der Waals surface area (Å²) in [5.41, 5.74) is 1.84. The van der Waals surface area contributed by atoms with Gasteiger partial charge in [-0.15, -0.1) is 0 Å². The summed E-state index contributed by atoms with van der Waals surface area (Å²) in [4.78, 5) is 13.4. The first-order valence-corrected chi connectivity index (χ1v) is 8.14. The first kappa shape index (κ1) is 17.5. The molecule has 1 aromatic carbocycles. The second-order valence-corrected chi connectivity index (χ2v) is 6.54. The van der Waals surface area contributed by atoms with Gasteiger partial charge in [-0.1, -0.05) is 0 Å². The number of carbonyl (C=O) groups excluding carboxylic acids is 1. The van der Waals surface area contributed by atoms with Crippen molar-refractivity contribution in [3.05, 3.63) is 22.8 Å². The zero-order chi connectivity index (χ0) is 16.4. The lowest BCUT2D eigenvalue weighted by Crippen LogP contribution is -2.31. The molecule has 0 saturated heterocycles. The van der Waals surface area contributed by atoms with Gasteiger partial charge >= 0.3 is 0 Å². The third-order valence-corrected chi connectivity index (χ3v) is 4.56. The van der Waals surface area contributed by atoms with Gasteiger partial charge in [0.25, 0.3) is 5.91 Å². The number of rotatable bonds is 5. The predicted molar refractivity (Wildman–Crippen MR) is 80.8 cm³/mol. The van der Waals surface area contributed by atoms with Gasteiger partial charge in [-0.3, -0.25) is 4.79 Å². The average Bonchev–Trinajstić information content (AvgIpc) is 2.40. The maximum atomic E-state index is 11.8. The van der Waals surface area contributed by atoms with E-state index < -0.39 is 10.0 Å². The number of amides is 1. The molecule has 2 N–H and O–H groups in total. The van der Waals surface area contributed by atoms with Crippen LogP contribution in [0.2, 0.25) is 0 Å². The molecule has 0 aliphatic carbocycles. The monoisotopic (exact) mass is 314 g/mol. The maximum absolute atomic E-state index is 11.8. The number of benzene rings is 1. The minimum atomic E-state index is -3.77. The highest BCUT2D eigenvalue weighted by atomic mass is 32.2. The number of carbonyl (C=O) groups is 1. The summed E-state index contributed by atoms with van der Waals surface area (Å²) in [5, 5.41) is 5.20. The van der Waals surface area contributed by atoms with Crippen LogP contribution in [0.3, 0.4) is 0 Å². The Hall–Kier alpha value is -1.60. The number of primary sulfonamides is 1. The molecule has 0 bridgehead atoms. The number of nitrogens with zero attached hydrogens (tertiary/aromatic N) is 1. The Morgan fingerprint density at radius 1 is 1.29 bits per heavy atom. The first-order valence-electron chi connectivity index (χ1n) is 6.60. The van der Waals surface area contributed by atoms with E-state index in [-0.39, 0.29) is 17.4 Å².